The molecule has 0 spiro atoms. The van der Waals surface area contributed by atoms with E-state index >= 15 is 0 Å². The van der Waals surface area contributed by atoms with Gasteiger partial charge in [-0.25, -0.2) is 8.42 Å². The zero-order valence-corrected chi connectivity index (χ0v) is 14.5. The highest BCUT2D eigenvalue weighted by atomic mass is 32.2. The second kappa shape index (κ2) is 5.63. The fourth-order valence-electron chi connectivity index (χ4n) is 3.59. The van der Waals surface area contributed by atoms with E-state index in [0.717, 1.165) is 29.1 Å². The number of carbonyl (C=O) groups is 1. The van der Waals surface area contributed by atoms with Gasteiger partial charge in [-0.15, -0.1) is 10.2 Å². The third-order valence-electron chi connectivity index (χ3n) is 4.97. The molecule has 1 aliphatic carbocycles. The Morgan fingerprint density at radius 1 is 1.24 bits per heavy atom. The van der Waals surface area contributed by atoms with Crippen molar-refractivity contribution in [1.29, 1.82) is 0 Å². The van der Waals surface area contributed by atoms with Crippen molar-refractivity contribution in [2.24, 2.45) is 0 Å². The first-order valence-electron chi connectivity index (χ1n) is 8.13. The molecule has 1 unspecified atom stereocenters. The Morgan fingerprint density at radius 3 is 2.76 bits per heavy atom. The second-order valence-corrected chi connectivity index (χ2v) is 8.35. The summed E-state index contributed by atoms with van der Waals surface area (Å²) >= 11 is 0. The normalized spacial score (nSPS) is 20.3. The molecule has 132 valence electrons. The quantitative estimate of drug-likeness (QED) is 0.863. The number of sulfonamides is 1. The zero-order chi connectivity index (χ0) is 17.8. The maximum atomic E-state index is 13.1. The van der Waals surface area contributed by atoms with E-state index in [0.29, 0.717) is 11.6 Å². The van der Waals surface area contributed by atoms with Crippen LogP contribution in [0.3, 0.4) is 0 Å². The van der Waals surface area contributed by atoms with Crippen molar-refractivity contribution in [1.82, 2.24) is 19.1 Å². The van der Waals surface area contributed by atoms with Gasteiger partial charge < -0.3 is 9.67 Å². The fourth-order valence-corrected chi connectivity index (χ4v) is 5.17. The first-order chi connectivity index (χ1) is 11.9. The standard InChI is InChI=1S/C16H18N4O4S/c1-10-17-18-15-9-20(14(16(21)22)8-19(10)15)25(23,24)13-6-5-11-3-2-4-12(11)7-13/h5-7,14H,2-4,8-9H2,1H3,(H,21,22). The molecule has 2 aromatic rings. The van der Waals surface area contributed by atoms with Crippen LogP contribution >= 0.6 is 0 Å². The van der Waals surface area contributed by atoms with Crippen LogP contribution in [-0.2, 0) is 40.7 Å². The molecule has 0 saturated heterocycles. The van der Waals surface area contributed by atoms with Crippen LogP contribution in [0.2, 0.25) is 0 Å². The van der Waals surface area contributed by atoms with Crippen LogP contribution < -0.4 is 0 Å². The molecule has 2 heterocycles. The largest absolute Gasteiger partial charge is 0.480 e. The van der Waals surface area contributed by atoms with Crippen LogP contribution in [-0.4, -0.2) is 44.6 Å². The van der Waals surface area contributed by atoms with E-state index in [1.165, 1.54) is 5.56 Å². The van der Waals surface area contributed by atoms with E-state index in [1.54, 1.807) is 23.6 Å². The molecule has 0 radical (unpaired) electrons. The Labute approximate surface area is 145 Å². The predicted molar refractivity (Wildman–Crippen MR) is 87.4 cm³/mol. The Bertz CT molecular complexity index is 967. The Morgan fingerprint density at radius 2 is 2.00 bits per heavy atom. The van der Waals surface area contributed by atoms with Crippen molar-refractivity contribution >= 4 is 16.0 Å². The molecule has 0 saturated carbocycles. The SMILES string of the molecule is Cc1nnc2n1CC(C(=O)O)N(S(=O)(=O)c1ccc3c(c1)CCC3)C2. The molecule has 1 atom stereocenters. The molecule has 8 nitrogen and oxygen atoms in total. The van der Waals surface area contributed by atoms with Crippen molar-refractivity contribution in [2.75, 3.05) is 0 Å². The van der Waals surface area contributed by atoms with Gasteiger partial charge in [-0.1, -0.05) is 6.07 Å². The Hall–Kier alpha value is -2.26. The van der Waals surface area contributed by atoms with E-state index in [2.05, 4.69) is 10.2 Å². The van der Waals surface area contributed by atoms with Gasteiger partial charge in [0.05, 0.1) is 18.0 Å². The highest BCUT2D eigenvalue weighted by Crippen LogP contribution is 2.29. The van der Waals surface area contributed by atoms with Gasteiger partial charge >= 0.3 is 5.97 Å². The molecule has 0 amide bonds. The van der Waals surface area contributed by atoms with Gasteiger partial charge in [0.1, 0.15) is 17.7 Å². The van der Waals surface area contributed by atoms with Crippen LogP contribution in [0, 0.1) is 6.92 Å². The molecule has 4 rings (SSSR count). The first kappa shape index (κ1) is 16.2. The van der Waals surface area contributed by atoms with Crippen molar-refractivity contribution in [3.8, 4) is 0 Å². The Kier molecular flexibility index (Phi) is 3.66. The maximum absolute atomic E-state index is 13.1. The number of aromatic nitrogens is 3. The van der Waals surface area contributed by atoms with E-state index in [9.17, 15) is 18.3 Å². The minimum absolute atomic E-state index is 0.00761. The summed E-state index contributed by atoms with van der Waals surface area (Å²) < 4.78 is 28.9. The molecule has 1 aromatic carbocycles. The Balaban J connectivity index is 1.77. The number of aliphatic carboxylic acids is 1. The lowest BCUT2D eigenvalue weighted by Crippen LogP contribution is -2.50. The van der Waals surface area contributed by atoms with Crippen molar-refractivity contribution in [3.05, 3.63) is 41.0 Å². The molecule has 9 heteroatoms. The number of carboxylic acids is 1. The minimum Gasteiger partial charge on any atom is -0.480 e. The van der Waals surface area contributed by atoms with E-state index in [1.807, 2.05) is 6.07 Å². The number of rotatable bonds is 3. The second-order valence-electron chi connectivity index (χ2n) is 6.46. The molecular formula is C16H18N4O4S. The van der Waals surface area contributed by atoms with Gasteiger partial charge in [0.15, 0.2) is 0 Å². The average Bonchev–Trinajstić information content (AvgIpc) is 3.19. The summed E-state index contributed by atoms with van der Waals surface area (Å²) in [5.74, 6) is -0.140. The summed E-state index contributed by atoms with van der Waals surface area (Å²) in [6.45, 7) is 1.63. The molecule has 1 aromatic heterocycles. The van der Waals surface area contributed by atoms with E-state index in [-0.39, 0.29) is 18.0 Å². The summed E-state index contributed by atoms with van der Waals surface area (Å²) in [4.78, 5) is 11.9. The lowest BCUT2D eigenvalue weighted by atomic mass is 10.1. The predicted octanol–water partition coefficient (Wildman–Crippen LogP) is 0.733. The molecule has 0 fully saturated rings. The van der Waals surface area contributed by atoms with Gasteiger partial charge in [-0.05, 0) is 49.4 Å². The number of nitrogens with zero attached hydrogens (tertiary/aromatic N) is 4. The van der Waals surface area contributed by atoms with Crippen molar-refractivity contribution in [3.63, 3.8) is 0 Å². The van der Waals surface area contributed by atoms with Gasteiger partial charge in [0.2, 0.25) is 10.0 Å². The highest BCUT2D eigenvalue weighted by Gasteiger charge is 2.41. The van der Waals surface area contributed by atoms with E-state index < -0.39 is 22.0 Å². The van der Waals surface area contributed by atoms with Gasteiger partial charge in [0, 0.05) is 0 Å². The first-order valence-corrected chi connectivity index (χ1v) is 9.57. The van der Waals surface area contributed by atoms with Crippen molar-refractivity contribution < 1.29 is 18.3 Å². The number of fused-ring (bicyclic) bond motifs is 2. The third kappa shape index (κ3) is 2.54. The maximum Gasteiger partial charge on any atom is 0.323 e. The summed E-state index contributed by atoms with van der Waals surface area (Å²) in [5, 5.41) is 17.5. The number of aryl methyl sites for hydroxylation is 3. The topological polar surface area (TPSA) is 105 Å². The summed E-state index contributed by atoms with van der Waals surface area (Å²) in [5.41, 5.74) is 2.20. The van der Waals surface area contributed by atoms with Gasteiger partial charge in [0.25, 0.3) is 0 Å². The van der Waals surface area contributed by atoms with Gasteiger partial charge in [-0.3, -0.25) is 4.79 Å². The summed E-state index contributed by atoms with van der Waals surface area (Å²) in [6.07, 6.45) is 2.83. The molecule has 2 aliphatic rings. The van der Waals surface area contributed by atoms with Crippen LogP contribution in [0.25, 0.3) is 0 Å². The average molecular weight is 362 g/mol. The van der Waals surface area contributed by atoms with Crippen LogP contribution in [0.15, 0.2) is 23.1 Å². The molecule has 1 aliphatic heterocycles. The van der Waals surface area contributed by atoms with Crippen LogP contribution in [0.1, 0.15) is 29.2 Å². The smallest absolute Gasteiger partial charge is 0.323 e. The number of hydrogen-bond acceptors (Lipinski definition) is 5. The highest BCUT2D eigenvalue weighted by molar-refractivity contribution is 7.89. The number of hydrogen-bond donors (Lipinski definition) is 1. The molecule has 1 N–H and O–H groups in total. The van der Waals surface area contributed by atoms with Crippen LogP contribution in [0.4, 0.5) is 0 Å². The molecule has 25 heavy (non-hydrogen) atoms. The lowest BCUT2D eigenvalue weighted by Gasteiger charge is -2.32. The lowest BCUT2D eigenvalue weighted by molar-refractivity contribution is -0.142. The molecular weight excluding hydrogens is 344 g/mol. The third-order valence-corrected chi connectivity index (χ3v) is 6.83. The van der Waals surface area contributed by atoms with E-state index in [4.69, 9.17) is 0 Å². The van der Waals surface area contributed by atoms with Crippen molar-refractivity contribution in [2.45, 2.75) is 50.2 Å². The number of benzene rings is 1. The van der Waals surface area contributed by atoms with Crippen LogP contribution in [0.5, 0.6) is 0 Å². The zero-order valence-electron chi connectivity index (χ0n) is 13.7. The summed E-state index contributed by atoms with van der Waals surface area (Å²) in [6, 6.07) is 3.91. The van der Waals surface area contributed by atoms with Gasteiger partial charge in [-0.2, -0.15) is 4.31 Å². The minimum atomic E-state index is -3.94. The fraction of sp³-hybridized carbons (Fsp3) is 0.438. The monoisotopic (exact) mass is 362 g/mol. The number of carboxylic acid groups (broad SMARTS) is 1. The summed E-state index contributed by atoms with van der Waals surface area (Å²) in [7, 11) is -3.94. The molecule has 0 bridgehead atoms.